The lowest BCUT2D eigenvalue weighted by Crippen LogP contribution is -2.51. The number of hydrogen-bond donors (Lipinski definition) is 1. The third kappa shape index (κ3) is 4.30. The zero-order chi connectivity index (χ0) is 22.2. The zero-order valence-electron chi connectivity index (χ0n) is 18.6. The Labute approximate surface area is 183 Å². The first kappa shape index (κ1) is 21.4. The highest BCUT2D eigenvalue weighted by Crippen LogP contribution is 2.36. The van der Waals surface area contributed by atoms with Gasteiger partial charge in [0.1, 0.15) is 17.7 Å². The molecule has 1 aliphatic heterocycles. The summed E-state index contributed by atoms with van der Waals surface area (Å²) in [6, 6.07) is 15.0. The summed E-state index contributed by atoms with van der Waals surface area (Å²) in [5.74, 6) is -0.210. The molecule has 2 aromatic rings. The van der Waals surface area contributed by atoms with Gasteiger partial charge in [0.15, 0.2) is 0 Å². The van der Waals surface area contributed by atoms with E-state index in [4.69, 9.17) is 9.47 Å². The van der Waals surface area contributed by atoms with Crippen LogP contribution in [0.3, 0.4) is 0 Å². The van der Waals surface area contributed by atoms with E-state index < -0.39 is 17.7 Å². The number of ether oxygens (including phenoxy) is 2. The topological polar surface area (TPSA) is 67.9 Å². The molecule has 2 aliphatic rings. The van der Waals surface area contributed by atoms with Gasteiger partial charge in [0.2, 0.25) is 5.91 Å². The number of nitrogens with zero attached hydrogens (tertiary/aromatic N) is 1. The number of nitrogens with one attached hydrogen (secondary N) is 1. The van der Waals surface area contributed by atoms with E-state index in [2.05, 4.69) is 11.4 Å². The normalized spacial score (nSPS) is 22.5. The summed E-state index contributed by atoms with van der Waals surface area (Å²) in [5, 5.41) is 3.17. The molecular formula is C25H30N2O4. The SMILES string of the molecule is COC1c2ccccc2CC1NC(=O)C1c2ccccc2CCN1C(=O)OC(C)(C)C. The number of hydrogen-bond acceptors (Lipinski definition) is 4. The predicted octanol–water partition coefficient (Wildman–Crippen LogP) is 3.95. The van der Waals surface area contributed by atoms with E-state index >= 15 is 0 Å². The van der Waals surface area contributed by atoms with Gasteiger partial charge in [-0.3, -0.25) is 9.69 Å². The van der Waals surface area contributed by atoms with E-state index in [1.54, 1.807) is 12.0 Å². The van der Waals surface area contributed by atoms with Gasteiger partial charge < -0.3 is 14.8 Å². The van der Waals surface area contributed by atoms with E-state index in [9.17, 15) is 9.59 Å². The van der Waals surface area contributed by atoms with Crippen LogP contribution in [0, 0.1) is 0 Å². The highest BCUT2D eigenvalue weighted by molar-refractivity contribution is 5.88. The fourth-order valence-electron chi connectivity index (χ4n) is 4.60. The summed E-state index contributed by atoms with van der Waals surface area (Å²) in [6.45, 7) is 5.92. The second-order valence-electron chi connectivity index (χ2n) is 9.20. The van der Waals surface area contributed by atoms with Gasteiger partial charge in [0, 0.05) is 13.7 Å². The Hall–Kier alpha value is -2.86. The molecule has 0 fully saturated rings. The van der Waals surface area contributed by atoms with Crippen molar-refractivity contribution >= 4 is 12.0 Å². The van der Waals surface area contributed by atoms with E-state index in [1.807, 2.05) is 63.2 Å². The highest BCUT2D eigenvalue weighted by atomic mass is 16.6. The van der Waals surface area contributed by atoms with Crippen LogP contribution < -0.4 is 5.32 Å². The Bertz CT molecular complexity index is 981. The molecular weight excluding hydrogens is 392 g/mol. The van der Waals surface area contributed by atoms with Crippen molar-refractivity contribution in [3.8, 4) is 0 Å². The molecule has 1 aliphatic carbocycles. The lowest BCUT2D eigenvalue weighted by atomic mass is 9.92. The minimum atomic E-state index is -0.735. The molecule has 3 unspecified atom stereocenters. The first-order chi connectivity index (χ1) is 14.8. The maximum Gasteiger partial charge on any atom is 0.411 e. The van der Waals surface area contributed by atoms with E-state index in [1.165, 1.54) is 5.56 Å². The van der Waals surface area contributed by atoms with Gasteiger partial charge in [0.25, 0.3) is 0 Å². The number of fused-ring (bicyclic) bond motifs is 2. The zero-order valence-corrected chi connectivity index (χ0v) is 18.6. The molecule has 1 heterocycles. The van der Waals surface area contributed by atoms with Crippen molar-refractivity contribution in [1.29, 1.82) is 0 Å². The quantitative estimate of drug-likeness (QED) is 0.813. The van der Waals surface area contributed by atoms with Crippen molar-refractivity contribution in [2.75, 3.05) is 13.7 Å². The van der Waals surface area contributed by atoms with Crippen LogP contribution in [0.2, 0.25) is 0 Å². The molecule has 1 N–H and O–H groups in total. The second kappa shape index (κ2) is 8.35. The smallest absolute Gasteiger partial charge is 0.411 e. The fourth-order valence-corrected chi connectivity index (χ4v) is 4.60. The average Bonchev–Trinajstić information content (AvgIpc) is 3.08. The molecule has 6 nitrogen and oxygen atoms in total. The van der Waals surface area contributed by atoms with Gasteiger partial charge >= 0.3 is 6.09 Å². The van der Waals surface area contributed by atoms with E-state index in [0.717, 1.165) is 16.7 Å². The predicted molar refractivity (Wildman–Crippen MR) is 118 cm³/mol. The Kier molecular flexibility index (Phi) is 5.75. The van der Waals surface area contributed by atoms with Crippen molar-refractivity contribution in [2.24, 2.45) is 0 Å². The minimum absolute atomic E-state index is 0.190. The summed E-state index contributed by atoms with van der Waals surface area (Å²) < 4.78 is 11.3. The molecule has 2 amide bonds. The van der Waals surface area contributed by atoms with Gasteiger partial charge in [-0.2, -0.15) is 0 Å². The number of carbonyl (C=O) groups is 2. The van der Waals surface area contributed by atoms with Gasteiger partial charge in [0.05, 0.1) is 6.04 Å². The number of carbonyl (C=O) groups excluding carboxylic acids is 2. The standard InChI is InChI=1S/C25H30N2O4/c1-25(2,3)31-24(29)27-14-13-16-9-5-7-11-18(16)21(27)23(28)26-20-15-17-10-6-8-12-19(17)22(20)30-4/h5-12,20-22H,13-15H2,1-4H3,(H,26,28). The minimum Gasteiger partial charge on any atom is -0.444 e. The molecule has 2 aromatic carbocycles. The summed E-state index contributed by atoms with van der Waals surface area (Å²) in [6.07, 6.45) is 0.699. The van der Waals surface area contributed by atoms with Crippen LogP contribution in [0.15, 0.2) is 48.5 Å². The number of benzene rings is 2. The molecule has 0 aromatic heterocycles. The summed E-state index contributed by atoms with van der Waals surface area (Å²) in [4.78, 5) is 28.1. The Morgan fingerprint density at radius 1 is 1.00 bits per heavy atom. The van der Waals surface area contributed by atoms with Crippen LogP contribution in [0.25, 0.3) is 0 Å². The first-order valence-corrected chi connectivity index (χ1v) is 10.8. The molecule has 0 spiro atoms. The Morgan fingerprint density at radius 2 is 1.65 bits per heavy atom. The van der Waals surface area contributed by atoms with Crippen LogP contribution in [0.1, 0.15) is 55.2 Å². The molecule has 6 heteroatoms. The van der Waals surface area contributed by atoms with Gasteiger partial charge in [-0.25, -0.2) is 4.79 Å². The van der Waals surface area contributed by atoms with Crippen LogP contribution in [-0.2, 0) is 27.1 Å². The number of rotatable bonds is 3. The lowest BCUT2D eigenvalue weighted by molar-refractivity contribution is -0.128. The molecule has 3 atom stereocenters. The molecule has 0 saturated carbocycles. The van der Waals surface area contributed by atoms with E-state index in [0.29, 0.717) is 19.4 Å². The summed E-state index contributed by atoms with van der Waals surface area (Å²) in [7, 11) is 1.66. The average molecular weight is 423 g/mol. The maximum absolute atomic E-state index is 13.6. The van der Waals surface area contributed by atoms with Gasteiger partial charge in [-0.15, -0.1) is 0 Å². The summed E-state index contributed by atoms with van der Waals surface area (Å²) in [5.41, 5.74) is 3.57. The fraction of sp³-hybridized carbons (Fsp3) is 0.440. The van der Waals surface area contributed by atoms with Crippen LogP contribution in [0.4, 0.5) is 4.79 Å². The van der Waals surface area contributed by atoms with Crippen LogP contribution in [0.5, 0.6) is 0 Å². The molecule has 31 heavy (non-hydrogen) atoms. The Balaban J connectivity index is 1.61. The third-order valence-electron chi connectivity index (χ3n) is 5.91. The van der Waals surface area contributed by atoms with Crippen molar-refractivity contribution in [3.05, 3.63) is 70.8 Å². The highest BCUT2D eigenvalue weighted by Gasteiger charge is 2.41. The van der Waals surface area contributed by atoms with E-state index in [-0.39, 0.29) is 18.1 Å². The maximum atomic E-state index is 13.6. The molecule has 164 valence electrons. The monoisotopic (exact) mass is 422 g/mol. The molecule has 0 bridgehead atoms. The Morgan fingerprint density at radius 3 is 2.32 bits per heavy atom. The van der Waals surface area contributed by atoms with Crippen molar-refractivity contribution in [3.63, 3.8) is 0 Å². The first-order valence-electron chi connectivity index (χ1n) is 10.8. The van der Waals surface area contributed by atoms with Crippen molar-refractivity contribution in [1.82, 2.24) is 10.2 Å². The summed E-state index contributed by atoms with van der Waals surface area (Å²) >= 11 is 0. The van der Waals surface area contributed by atoms with Crippen LogP contribution in [-0.4, -0.2) is 42.2 Å². The second-order valence-corrected chi connectivity index (χ2v) is 9.20. The van der Waals surface area contributed by atoms with Gasteiger partial charge in [-0.1, -0.05) is 48.5 Å². The largest absolute Gasteiger partial charge is 0.444 e. The van der Waals surface area contributed by atoms with Crippen molar-refractivity contribution in [2.45, 2.75) is 57.4 Å². The third-order valence-corrected chi connectivity index (χ3v) is 5.91. The lowest BCUT2D eigenvalue weighted by Gasteiger charge is -2.38. The number of methoxy groups -OCH3 is 1. The molecule has 0 radical (unpaired) electrons. The molecule has 4 rings (SSSR count). The number of amides is 2. The van der Waals surface area contributed by atoms with Crippen LogP contribution >= 0.6 is 0 Å². The van der Waals surface area contributed by atoms with Crippen molar-refractivity contribution < 1.29 is 19.1 Å². The van der Waals surface area contributed by atoms with Gasteiger partial charge in [-0.05, 0) is 55.9 Å². The molecule has 0 saturated heterocycles.